The van der Waals surface area contributed by atoms with Gasteiger partial charge in [-0.1, -0.05) is 12.1 Å². The number of nitrogens with one attached hydrogen (secondary N) is 1. The summed E-state index contributed by atoms with van der Waals surface area (Å²) in [5.41, 5.74) is 5.37. The zero-order valence-electron chi connectivity index (χ0n) is 8.68. The van der Waals surface area contributed by atoms with Crippen molar-refractivity contribution in [2.24, 2.45) is 5.73 Å². The van der Waals surface area contributed by atoms with Crippen LogP contribution in [0.5, 0.6) is 0 Å². The maximum absolute atomic E-state index is 11.4. The van der Waals surface area contributed by atoms with Gasteiger partial charge in [0, 0.05) is 12.5 Å². The zero-order chi connectivity index (χ0) is 12.0. The number of hydrogen-bond donors (Lipinski definition) is 2. The van der Waals surface area contributed by atoms with Crippen LogP contribution in [0, 0.1) is 10.1 Å². The molecule has 1 amide bonds. The van der Waals surface area contributed by atoms with Gasteiger partial charge in [0.25, 0.3) is 5.69 Å². The quantitative estimate of drug-likeness (QED) is 0.580. The average molecular weight is 223 g/mol. The van der Waals surface area contributed by atoms with Crippen molar-refractivity contribution in [1.29, 1.82) is 0 Å². The van der Waals surface area contributed by atoms with E-state index in [-0.39, 0.29) is 23.7 Å². The molecule has 0 radical (unpaired) electrons. The monoisotopic (exact) mass is 223 g/mol. The maximum atomic E-state index is 11.4. The molecule has 0 aliphatic carbocycles. The van der Waals surface area contributed by atoms with E-state index in [2.05, 4.69) is 5.32 Å². The molecule has 6 nitrogen and oxygen atoms in total. The first-order valence-corrected chi connectivity index (χ1v) is 4.88. The van der Waals surface area contributed by atoms with Gasteiger partial charge >= 0.3 is 0 Å². The minimum atomic E-state index is -0.529. The molecular formula is C10H13N3O3. The van der Waals surface area contributed by atoms with E-state index in [1.807, 2.05) is 0 Å². The molecule has 3 N–H and O–H groups in total. The van der Waals surface area contributed by atoms with Crippen molar-refractivity contribution in [2.45, 2.75) is 12.8 Å². The summed E-state index contributed by atoms with van der Waals surface area (Å²) in [7, 11) is 0. The number of amides is 1. The van der Waals surface area contributed by atoms with Crippen molar-refractivity contribution in [3.63, 3.8) is 0 Å². The summed E-state index contributed by atoms with van der Waals surface area (Å²) in [6.07, 6.45) is 0.828. The highest BCUT2D eigenvalue weighted by atomic mass is 16.6. The van der Waals surface area contributed by atoms with Gasteiger partial charge in [-0.2, -0.15) is 0 Å². The first-order chi connectivity index (χ1) is 7.65. The number of carbonyl (C=O) groups excluding carboxylic acids is 1. The number of para-hydroxylation sites is 2. The molecule has 0 atom stereocenters. The van der Waals surface area contributed by atoms with Gasteiger partial charge in [0.1, 0.15) is 5.69 Å². The van der Waals surface area contributed by atoms with Crippen LogP contribution in [0.1, 0.15) is 12.8 Å². The minimum absolute atomic E-state index is 0.108. The predicted octanol–water partition coefficient (Wildman–Crippen LogP) is 1.27. The molecular weight excluding hydrogens is 210 g/mol. The molecule has 0 heterocycles. The van der Waals surface area contributed by atoms with Crippen molar-refractivity contribution in [2.75, 3.05) is 11.9 Å². The van der Waals surface area contributed by atoms with Crippen LogP contribution in [0.25, 0.3) is 0 Å². The number of nitrogens with zero attached hydrogens (tertiary/aromatic N) is 1. The molecule has 86 valence electrons. The summed E-state index contributed by atoms with van der Waals surface area (Å²) < 4.78 is 0. The van der Waals surface area contributed by atoms with Crippen molar-refractivity contribution in [3.8, 4) is 0 Å². The van der Waals surface area contributed by atoms with Crippen LogP contribution in [0.15, 0.2) is 24.3 Å². The van der Waals surface area contributed by atoms with Gasteiger partial charge in [-0.05, 0) is 19.0 Å². The Morgan fingerprint density at radius 1 is 1.44 bits per heavy atom. The summed E-state index contributed by atoms with van der Waals surface area (Å²) in [6.45, 7) is 0.421. The lowest BCUT2D eigenvalue weighted by Gasteiger charge is -2.04. The predicted molar refractivity (Wildman–Crippen MR) is 60.0 cm³/mol. The van der Waals surface area contributed by atoms with Crippen LogP contribution in [0.3, 0.4) is 0 Å². The maximum Gasteiger partial charge on any atom is 0.292 e. The van der Waals surface area contributed by atoms with E-state index in [0.29, 0.717) is 13.0 Å². The van der Waals surface area contributed by atoms with E-state index < -0.39 is 4.92 Å². The summed E-state index contributed by atoms with van der Waals surface area (Å²) in [6, 6.07) is 6.02. The summed E-state index contributed by atoms with van der Waals surface area (Å²) in [5.74, 6) is -0.264. The van der Waals surface area contributed by atoms with E-state index in [9.17, 15) is 14.9 Å². The van der Waals surface area contributed by atoms with Gasteiger partial charge in [-0.3, -0.25) is 14.9 Å². The third-order valence-electron chi connectivity index (χ3n) is 1.98. The molecule has 0 saturated heterocycles. The van der Waals surface area contributed by atoms with Gasteiger partial charge in [-0.25, -0.2) is 0 Å². The number of carbonyl (C=O) groups is 1. The second-order valence-electron chi connectivity index (χ2n) is 3.21. The fourth-order valence-electron chi connectivity index (χ4n) is 1.21. The number of anilines is 1. The van der Waals surface area contributed by atoms with Crippen molar-refractivity contribution in [1.82, 2.24) is 0 Å². The van der Waals surface area contributed by atoms with Crippen molar-refractivity contribution in [3.05, 3.63) is 34.4 Å². The number of hydrogen-bond acceptors (Lipinski definition) is 4. The average Bonchev–Trinajstić information content (AvgIpc) is 2.27. The molecule has 0 saturated carbocycles. The number of nitro benzene ring substituents is 1. The molecule has 0 bridgehead atoms. The van der Waals surface area contributed by atoms with Crippen LogP contribution < -0.4 is 11.1 Å². The lowest BCUT2D eigenvalue weighted by atomic mass is 10.2. The molecule has 0 aliphatic heterocycles. The highest BCUT2D eigenvalue weighted by Crippen LogP contribution is 2.23. The molecule has 16 heavy (non-hydrogen) atoms. The Balaban J connectivity index is 2.73. The minimum Gasteiger partial charge on any atom is -0.330 e. The molecule has 1 aromatic rings. The zero-order valence-corrected chi connectivity index (χ0v) is 8.68. The van der Waals surface area contributed by atoms with Crippen LogP contribution in [-0.2, 0) is 4.79 Å². The Morgan fingerprint density at radius 2 is 2.12 bits per heavy atom. The molecule has 0 aliphatic rings. The summed E-state index contributed by atoms with van der Waals surface area (Å²) in [5, 5.41) is 13.1. The smallest absolute Gasteiger partial charge is 0.292 e. The molecule has 6 heteroatoms. The first-order valence-electron chi connectivity index (χ1n) is 4.88. The first kappa shape index (κ1) is 12.1. The van der Waals surface area contributed by atoms with E-state index in [0.717, 1.165) is 0 Å². The fraction of sp³-hybridized carbons (Fsp3) is 0.300. The van der Waals surface area contributed by atoms with Crippen LogP contribution in [-0.4, -0.2) is 17.4 Å². The lowest BCUT2D eigenvalue weighted by Crippen LogP contribution is -2.14. The molecule has 0 unspecified atom stereocenters. The molecule has 0 spiro atoms. The highest BCUT2D eigenvalue weighted by Gasteiger charge is 2.13. The number of nitrogens with two attached hydrogens (primary N) is 1. The third-order valence-corrected chi connectivity index (χ3v) is 1.98. The standard InChI is InChI=1S/C10H13N3O3/c11-7-3-6-10(14)12-8-4-1-2-5-9(8)13(15)16/h1-2,4-5H,3,6-7,11H2,(H,12,14). The summed E-state index contributed by atoms with van der Waals surface area (Å²) in [4.78, 5) is 21.5. The van der Waals surface area contributed by atoms with Gasteiger partial charge in [0.05, 0.1) is 4.92 Å². The van der Waals surface area contributed by atoms with Gasteiger partial charge < -0.3 is 11.1 Å². The molecule has 0 fully saturated rings. The Morgan fingerprint density at radius 3 is 2.75 bits per heavy atom. The topological polar surface area (TPSA) is 98.3 Å². The van der Waals surface area contributed by atoms with E-state index >= 15 is 0 Å². The third kappa shape index (κ3) is 3.32. The second kappa shape index (κ2) is 5.82. The van der Waals surface area contributed by atoms with E-state index in [4.69, 9.17) is 5.73 Å². The van der Waals surface area contributed by atoms with Crippen LogP contribution >= 0.6 is 0 Å². The molecule has 1 rings (SSSR count). The van der Waals surface area contributed by atoms with Crippen molar-refractivity contribution < 1.29 is 9.72 Å². The molecule has 1 aromatic carbocycles. The molecule has 0 aromatic heterocycles. The SMILES string of the molecule is NCCCC(=O)Nc1ccccc1[N+](=O)[O-]. The normalized spacial score (nSPS) is 9.81. The fourth-order valence-corrected chi connectivity index (χ4v) is 1.21. The second-order valence-corrected chi connectivity index (χ2v) is 3.21. The van der Waals surface area contributed by atoms with Crippen molar-refractivity contribution >= 4 is 17.3 Å². The number of nitro groups is 1. The summed E-state index contributed by atoms with van der Waals surface area (Å²) >= 11 is 0. The van der Waals surface area contributed by atoms with E-state index in [1.54, 1.807) is 12.1 Å². The number of benzene rings is 1. The largest absolute Gasteiger partial charge is 0.330 e. The van der Waals surface area contributed by atoms with Crippen LogP contribution in [0.2, 0.25) is 0 Å². The van der Waals surface area contributed by atoms with Gasteiger partial charge in [0.2, 0.25) is 5.91 Å². The lowest BCUT2D eigenvalue weighted by molar-refractivity contribution is -0.383. The number of rotatable bonds is 5. The Hall–Kier alpha value is -1.95. The highest BCUT2D eigenvalue weighted by molar-refractivity contribution is 5.92. The van der Waals surface area contributed by atoms with E-state index in [1.165, 1.54) is 12.1 Å². The Bertz CT molecular complexity index is 393. The van der Waals surface area contributed by atoms with Crippen LogP contribution in [0.4, 0.5) is 11.4 Å². The van der Waals surface area contributed by atoms with Gasteiger partial charge in [0.15, 0.2) is 0 Å². The van der Waals surface area contributed by atoms with Gasteiger partial charge in [-0.15, -0.1) is 0 Å². The Labute approximate surface area is 92.6 Å². The Kier molecular flexibility index (Phi) is 4.41.